The molecule has 1 heterocycles. The smallest absolute Gasteiger partial charge is 0.0169 e. The summed E-state index contributed by atoms with van der Waals surface area (Å²) < 4.78 is 0. The lowest BCUT2D eigenvalue weighted by Crippen LogP contribution is -2.54. The van der Waals surface area contributed by atoms with Crippen LogP contribution in [0, 0.1) is 0 Å². The van der Waals surface area contributed by atoms with Crippen LogP contribution in [0.5, 0.6) is 0 Å². The molecule has 4 nitrogen and oxygen atoms in total. The standard InChI is InChI=1S/C10H22N2.C2H7NO/c1-4-5-6-12-7-9(2)11-10(3)8-12;1-3(2)4/h9-11H,4-8H2,1-3H3;4H,1-2H3/t9-,10+;. The first-order valence-corrected chi connectivity index (χ1v) is 6.30. The van der Waals surface area contributed by atoms with Crippen molar-refractivity contribution in [3.8, 4) is 0 Å². The van der Waals surface area contributed by atoms with Crippen LogP contribution in [0.3, 0.4) is 0 Å². The van der Waals surface area contributed by atoms with Gasteiger partial charge in [-0.2, -0.15) is 5.06 Å². The van der Waals surface area contributed by atoms with Gasteiger partial charge in [-0.25, -0.2) is 0 Å². The van der Waals surface area contributed by atoms with E-state index in [4.69, 9.17) is 5.21 Å². The zero-order valence-corrected chi connectivity index (χ0v) is 11.5. The van der Waals surface area contributed by atoms with Gasteiger partial charge in [-0.15, -0.1) is 0 Å². The highest BCUT2D eigenvalue weighted by molar-refractivity contribution is 4.80. The summed E-state index contributed by atoms with van der Waals surface area (Å²) >= 11 is 0. The molecule has 2 N–H and O–H groups in total. The third kappa shape index (κ3) is 9.09. The third-order valence-corrected chi connectivity index (χ3v) is 2.46. The molecule has 0 saturated carbocycles. The highest BCUT2D eigenvalue weighted by atomic mass is 16.5. The van der Waals surface area contributed by atoms with Crippen molar-refractivity contribution in [1.82, 2.24) is 15.3 Å². The number of piperazine rings is 1. The average Bonchev–Trinajstić information content (AvgIpc) is 2.12. The Bertz CT molecular complexity index is 152. The van der Waals surface area contributed by atoms with E-state index >= 15 is 0 Å². The maximum atomic E-state index is 7.89. The summed E-state index contributed by atoms with van der Waals surface area (Å²) in [7, 11) is 3.11. The van der Waals surface area contributed by atoms with Gasteiger partial charge in [-0.3, -0.25) is 0 Å². The minimum Gasteiger partial charge on any atom is -0.315 e. The number of hydrogen-bond donors (Lipinski definition) is 2. The van der Waals surface area contributed by atoms with Gasteiger partial charge in [0.1, 0.15) is 0 Å². The second-order valence-corrected chi connectivity index (χ2v) is 4.93. The van der Waals surface area contributed by atoms with E-state index in [1.807, 2.05) is 0 Å². The third-order valence-electron chi connectivity index (χ3n) is 2.46. The molecule has 16 heavy (non-hydrogen) atoms. The molecule has 1 aliphatic heterocycles. The summed E-state index contributed by atoms with van der Waals surface area (Å²) in [5.74, 6) is 0. The fraction of sp³-hybridized carbons (Fsp3) is 1.00. The minimum absolute atomic E-state index is 0.672. The molecule has 4 heteroatoms. The van der Waals surface area contributed by atoms with Gasteiger partial charge in [0.25, 0.3) is 0 Å². The van der Waals surface area contributed by atoms with Crippen molar-refractivity contribution >= 4 is 0 Å². The summed E-state index contributed by atoms with van der Waals surface area (Å²) in [4.78, 5) is 2.58. The first-order valence-electron chi connectivity index (χ1n) is 6.30. The predicted molar refractivity (Wildman–Crippen MR) is 68.9 cm³/mol. The molecular formula is C12H29N3O. The van der Waals surface area contributed by atoms with Crippen molar-refractivity contribution in [1.29, 1.82) is 0 Å². The van der Waals surface area contributed by atoms with Crippen molar-refractivity contribution in [2.45, 2.75) is 45.7 Å². The molecule has 1 fully saturated rings. The van der Waals surface area contributed by atoms with Crippen molar-refractivity contribution in [2.75, 3.05) is 33.7 Å². The number of nitrogens with zero attached hydrogens (tertiary/aromatic N) is 2. The number of nitrogens with one attached hydrogen (secondary N) is 1. The van der Waals surface area contributed by atoms with Crippen LogP contribution in [0.1, 0.15) is 33.6 Å². The number of unbranched alkanes of at least 4 members (excludes halogenated alkanes) is 1. The number of hydrogen-bond acceptors (Lipinski definition) is 4. The van der Waals surface area contributed by atoms with Crippen LogP contribution < -0.4 is 5.32 Å². The molecule has 0 aromatic carbocycles. The van der Waals surface area contributed by atoms with E-state index in [1.54, 1.807) is 14.1 Å². The van der Waals surface area contributed by atoms with Gasteiger partial charge in [0.15, 0.2) is 0 Å². The quantitative estimate of drug-likeness (QED) is 0.720. The Labute approximate surface area is 101 Å². The van der Waals surface area contributed by atoms with Gasteiger partial charge in [-0.1, -0.05) is 13.3 Å². The molecule has 98 valence electrons. The number of rotatable bonds is 3. The molecular weight excluding hydrogens is 202 g/mol. The second kappa shape index (κ2) is 8.93. The molecule has 1 saturated heterocycles. The summed E-state index contributed by atoms with van der Waals surface area (Å²) in [5.41, 5.74) is 0. The molecule has 0 spiro atoms. The van der Waals surface area contributed by atoms with E-state index in [-0.39, 0.29) is 0 Å². The molecule has 1 aliphatic rings. The average molecular weight is 231 g/mol. The highest BCUT2D eigenvalue weighted by Gasteiger charge is 2.19. The number of hydroxylamine groups is 2. The van der Waals surface area contributed by atoms with E-state index in [1.165, 1.54) is 32.5 Å². The Morgan fingerprint density at radius 3 is 2.06 bits per heavy atom. The topological polar surface area (TPSA) is 38.7 Å². The van der Waals surface area contributed by atoms with E-state index < -0.39 is 0 Å². The van der Waals surface area contributed by atoms with Crippen molar-refractivity contribution in [2.24, 2.45) is 0 Å². The Balaban J connectivity index is 0.000000487. The normalized spacial score (nSPS) is 26.4. The van der Waals surface area contributed by atoms with Gasteiger partial charge in [0, 0.05) is 39.3 Å². The summed E-state index contributed by atoms with van der Waals surface area (Å²) in [6.45, 7) is 10.5. The monoisotopic (exact) mass is 231 g/mol. The fourth-order valence-electron chi connectivity index (χ4n) is 2.00. The van der Waals surface area contributed by atoms with Crippen LogP contribution >= 0.6 is 0 Å². The molecule has 1 rings (SSSR count). The molecule has 0 aliphatic carbocycles. The van der Waals surface area contributed by atoms with Crippen LogP contribution in [0.15, 0.2) is 0 Å². The van der Waals surface area contributed by atoms with Crippen molar-refractivity contribution in [3.05, 3.63) is 0 Å². The lowest BCUT2D eigenvalue weighted by Gasteiger charge is -2.36. The van der Waals surface area contributed by atoms with Crippen LogP contribution in [0.2, 0.25) is 0 Å². The predicted octanol–water partition coefficient (Wildman–Crippen LogP) is 1.41. The molecule has 0 bridgehead atoms. The van der Waals surface area contributed by atoms with Gasteiger partial charge >= 0.3 is 0 Å². The summed E-state index contributed by atoms with van der Waals surface area (Å²) in [6, 6.07) is 1.34. The van der Waals surface area contributed by atoms with E-state index in [0.29, 0.717) is 12.1 Å². The van der Waals surface area contributed by atoms with Gasteiger partial charge in [0.2, 0.25) is 0 Å². The largest absolute Gasteiger partial charge is 0.315 e. The van der Waals surface area contributed by atoms with Gasteiger partial charge in [0.05, 0.1) is 0 Å². The maximum absolute atomic E-state index is 7.89. The van der Waals surface area contributed by atoms with E-state index in [2.05, 4.69) is 31.0 Å². The molecule has 0 unspecified atom stereocenters. The summed E-state index contributed by atoms with van der Waals surface area (Å²) in [5, 5.41) is 12.4. The Kier molecular flexibility index (Phi) is 8.84. The Morgan fingerprint density at radius 1 is 1.25 bits per heavy atom. The van der Waals surface area contributed by atoms with Crippen LogP contribution in [-0.2, 0) is 0 Å². The molecule has 0 amide bonds. The van der Waals surface area contributed by atoms with Crippen molar-refractivity contribution in [3.63, 3.8) is 0 Å². The molecule has 0 aromatic heterocycles. The zero-order chi connectivity index (χ0) is 12.6. The van der Waals surface area contributed by atoms with Crippen molar-refractivity contribution < 1.29 is 5.21 Å². The first-order chi connectivity index (χ1) is 7.45. The lowest BCUT2D eigenvalue weighted by atomic mass is 10.1. The fourth-order valence-corrected chi connectivity index (χ4v) is 2.00. The molecule has 0 aromatic rings. The molecule has 0 radical (unpaired) electrons. The van der Waals surface area contributed by atoms with Crippen LogP contribution in [0.4, 0.5) is 0 Å². The van der Waals surface area contributed by atoms with Gasteiger partial charge in [-0.05, 0) is 26.8 Å². The van der Waals surface area contributed by atoms with E-state index in [0.717, 1.165) is 5.06 Å². The second-order valence-electron chi connectivity index (χ2n) is 4.93. The van der Waals surface area contributed by atoms with Gasteiger partial charge < -0.3 is 15.4 Å². The minimum atomic E-state index is 0.672. The molecule has 2 atom stereocenters. The lowest BCUT2D eigenvalue weighted by molar-refractivity contribution is -0.0372. The Hall–Kier alpha value is -0.160. The van der Waals surface area contributed by atoms with E-state index in [9.17, 15) is 0 Å². The first kappa shape index (κ1) is 15.8. The SMILES string of the molecule is CCCCN1C[C@@H](C)N[C@@H](C)C1.CN(C)O. The van der Waals surface area contributed by atoms with Crippen LogP contribution in [0.25, 0.3) is 0 Å². The summed E-state index contributed by atoms with van der Waals surface area (Å²) in [6.07, 6.45) is 2.66. The Morgan fingerprint density at radius 2 is 1.69 bits per heavy atom. The maximum Gasteiger partial charge on any atom is 0.0169 e. The highest BCUT2D eigenvalue weighted by Crippen LogP contribution is 2.04. The zero-order valence-electron chi connectivity index (χ0n) is 11.5. The van der Waals surface area contributed by atoms with Crippen LogP contribution in [-0.4, -0.2) is 61.0 Å².